The number of sulfonamides is 1. The zero-order valence-electron chi connectivity index (χ0n) is 18.0. The molecule has 2 heterocycles. The van der Waals surface area contributed by atoms with Crippen molar-refractivity contribution in [3.05, 3.63) is 48.5 Å². The van der Waals surface area contributed by atoms with Gasteiger partial charge in [0, 0.05) is 24.3 Å². The van der Waals surface area contributed by atoms with E-state index in [4.69, 9.17) is 10.6 Å². The van der Waals surface area contributed by atoms with Gasteiger partial charge in [-0.3, -0.25) is 4.79 Å². The number of carbonyl (C=O) groups excluding carboxylic acids is 1. The van der Waals surface area contributed by atoms with Crippen molar-refractivity contribution in [2.24, 2.45) is 0 Å². The van der Waals surface area contributed by atoms with Gasteiger partial charge < -0.3 is 15.9 Å². The van der Waals surface area contributed by atoms with Gasteiger partial charge in [-0.2, -0.15) is 4.31 Å². The van der Waals surface area contributed by atoms with Crippen molar-refractivity contribution in [2.75, 3.05) is 37.1 Å². The van der Waals surface area contributed by atoms with Crippen LogP contribution in [-0.4, -0.2) is 59.5 Å². The largest absolute Gasteiger partial charge is 0.497 e. The van der Waals surface area contributed by atoms with Crippen LogP contribution in [0.5, 0.6) is 5.75 Å². The Balaban J connectivity index is 1.39. The molecule has 0 radical (unpaired) electrons. The van der Waals surface area contributed by atoms with Crippen LogP contribution in [0.4, 0.5) is 5.69 Å². The number of thioether (sulfide) groups is 1. The lowest BCUT2D eigenvalue weighted by molar-refractivity contribution is -0.113. The maximum atomic E-state index is 12.7. The summed E-state index contributed by atoms with van der Waals surface area (Å²) in [6, 6.07) is 13.5. The van der Waals surface area contributed by atoms with Gasteiger partial charge in [0.05, 0.1) is 17.8 Å². The first kappa shape index (κ1) is 23.1. The number of anilines is 1. The summed E-state index contributed by atoms with van der Waals surface area (Å²) in [6.45, 7) is 1.04. The predicted octanol–water partition coefficient (Wildman–Crippen LogP) is 2.18. The number of nitrogen functional groups attached to an aromatic ring is 1. The number of aromatic nitrogens is 3. The lowest BCUT2D eigenvalue weighted by Gasteiger charge is -2.16. The molecule has 0 aliphatic carbocycles. The molecule has 0 saturated carbocycles. The Morgan fingerprint density at radius 1 is 1.15 bits per heavy atom. The first-order chi connectivity index (χ1) is 15.9. The van der Waals surface area contributed by atoms with Crippen molar-refractivity contribution < 1.29 is 17.9 Å². The van der Waals surface area contributed by atoms with Crippen LogP contribution >= 0.6 is 11.8 Å². The first-order valence-corrected chi connectivity index (χ1v) is 12.7. The van der Waals surface area contributed by atoms with Gasteiger partial charge in [0.25, 0.3) is 0 Å². The average Bonchev–Trinajstić information content (AvgIpc) is 3.49. The molecule has 0 spiro atoms. The van der Waals surface area contributed by atoms with Gasteiger partial charge >= 0.3 is 0 Å². The van der Waals surface area contributed by atoms with Crippen LogP contribution < -0.4 is 15.9 Å². The Hall–Kier alpha value is -3.09. The van der Waals surface area contributed by atoms with E-state index in [1.54, 1.807) is 31.4 Å². The quantitative estimate of drug-likeness (QED) is 0.364. The Morgan fingerprint density at radius 2 is 1.88 bits per heavy atom. The van der Waals surface area contributed by atoms with Gasteiger partial charge in [-0.25, -0.2) is 13.1 Å². The minimum Gasteiger partial charge on any atom is -0.497 e. The maximum absolute atomic E-state index is 12.7. The number of hydrogen-bond acceptors (Lipinski definition) is 8. The monoisotopic (exact) mass is 488 g/mol. The first-order valence-electron chi connectivity index (χ1n) is 10.3. The van der Waals surface area contributed by atoms with Crippen molar-refractivity contribution >= 4 is 33.4 Å². The van der Waals surface area contributed by atoms with E-state index in [0.717, 1.165) is 30.2 Å². The molecule has 1 aliphatic rings. The van der Waals surface area contributed by atoms with Gasteiger partial charge in [0.1, 0.15) is 5.75 Å². The van der Waals surface area contributed by atoms with Crippen molar-refractivity contribution in [2.45, 2.75) is 22.9 Å². The molecular weight excluding hydrogens is 464 g/mol. The predicted molar refractivity (Wildman–Crippen MR) is 126 cm³/mol. The zero-order valence-corrected chi connectivity index (χ0v) is 19.6. The fourth-order valence-corrected chi connectivity index (χ4v) is 5.67. The van der Waals surface area contributed by atoms with Crippen molar-refractivity contribution in [1.29, 1.82) is 0 Å². The highest BCUT2D eigenvalue weighted by molar-refractivity contribution is 7.99. The third-order valence-electron chi connectivity index (χ3n) is 5.17. The summed E-state index contributed by atoms with van der Waals surface area (Å²) in [4.78, 5) is 12.6. The number of ether oxygens (including phenoxy) is 1. The summed E-state index contributed by atoms with van der Waals surface area (Å²) in [7, 11) is -1.97. The van der Waals surface area contributed by atoms with Gasteiger partial charge in [0.2, 0.25) is 21.1 Å². The SMILES string of the molecule is COc1ccc(-c2nnc(SCC(=O)Nc3cccc(S(=O)(=O)N4CCCC4)c3)n2N)cc1. The third-order valence-corrected chi connectivity index (χ3v) is 8.00. The number of methoxy groups -OCH3 is 1. The Morgan fingerprint density at radius 3 is 2.58 bits per heavy atom. The number of carbonyl (C=O) groups is 1. The van der Waals surface area contributed by atoms with E-state index in [2.05, 4.69) is 15.5 Å². The molecule has 4 rings (SSSR count). The van der Waals surface area contributed by atoms with Crippen molar-refractivity contribution in [3.63, 3.8) is 0 Å². The Kier molecular flexibility index (Phi) is 6.86. The fourth-order valence-electron chi connectivity index (χ4n) is 3.45. The summed E-state index contributed by atoms with van der Waals surface area (Å²) in [6.07, 6.45) is 1.72. The lowest BCUT2D eigenvalue weighted by atomic mass is 10.2. The molecule has 1 amide bonds. The molecule has 1 aromatic heterocycles. The average molecular weight is 489 g/mol. The number of nitrogens with two attached hydrogens (primary N) is 1. The van der Waals surface area contributed by atoms with E-state index >= 15 is 0 Å². The third kappa shape index (κ3) is 5.13. The molecule has 3 aromatic rings. The number of benzene rings is 2. The van der Waals surface area contributed by atoms with Crippen LogP contribution in [-0.2, 0) is 14.8 Å². The molecule has 1 saturated heterocycles. The maximum Gasteiger partial charge on any atom is 0.243 e. The van der Waals surface area contributed by atoms with E-state index in [1.165, 1.54) is 21.1 Å². The number of hydrogen-bond donors (Lipinski definition) is 2. The van der Waals surface area contributed by atoms with Crippen LogP contribution in [0.1, 0.15) is 12.8 Å². The van der Waals surface area contributed by atoms with Gasteiger partial charge in [-0.05, 0) is 55.3 Å². The normalized spacial score (nSPS) is 14.3. The van der Waals surface area contributed by atoms with E-state index < -0.39 is 10.0 Å². The minimum atomic E-state index is -3.56. The number of rotatable bonds is 8. The molecule has 174 valence electrons. The van der Waals surface area contributed by atoms with Crippen LogP contribution in [0, 0.1) is 0 Å². The van der Waals surface area contributed by atoms with Crippen molar-refractivity contribution in [3.8, 4) is 17.1 Å². The molecular formula is C21H24N6O4S2. The van der Waals surface area contributed by atoms with Crippen LogP contribution in [0.3, 0.4) is 0 Å². The Labute approximate surface area is 196 Å². The van der Waals surface area contributed by atoms with E-state index in [9.17, 15) is 13.2 Å². The summed E-state index contributed by atoms with van der Waals surface area (Å²) in [5.41, 5.74) is 1.17. The standard InChI is InChI=1S/C21H24N6O4S2/c1-31-17-9-7-15(8-10-17)20-24-25-21(27(20)22)32-14-19(28)23-16-5-4-6-18(13-16)33(29,30)26-11-2-3-12-26/h4-10,13H,2-3,11-12,14,22H2,1H3,(H,23,28). The molecule has 33 heavy (non-hydrogen) atoms. The molecule has 0 unspecified atom stereocenters. The molecule has 1 fully saturated rings. The van der Waals surface area contributed by atoms with Gasteiger partial charge in [-0.15, -0.1) is 10.2 Å². The fraction of sp³-hybridized carbons (Fsp3) is 0.286. The number of nitrogens with zero attached hydrogens (tertiary/aromatic N) is 4. The topological polar surface area (TPSA) is 132 Å². The summed E-state index contributed by atoms with van der Waals surface area (Å²) in [5.74, 6) is 6.99. The highest BCUT2D eigenvalue weighted by Crippen LogP contribution is 2.25. The number of amides is 1. The minimum absolute atomic E-state index is 0.0288. The van der Waals surface area contributed by atoms with Crippen LogP contribution in [0.15, 0.2) is 58.6 Å². The summed E-state index contributed by atoms with van der Waals surface area (Å²) >= 11 is 1.13. The van der Waals surface area contributed by atoms with Crippen molar-refractivity contribution in [1.82, 2.24) is 19.2 Å². The van der Waals surface area contributed by atoms with Crippen LogP contribution in [0.25, 0.3) is 11.4 Å². The molecule has 12 heteroatoms. The summed E-state index contributed by atoms with van der Waals surface area (Å²) < 4.78 is 33.4. The van der Waals surface area contributed by atoms with E-state index in [-0.39, 0.29) is 16.6 Å². The number of nitrogens with one attached hydrogen (secondary N) is 1. The molecule has 0 atom stereocenters. The second-order valence-electron chi connectivity index (χ2n) is 7.38. The smallest absolute Gasteiger partial charge is 0.243 e. The zero-order chi connectivity index (χ0) is 23.4. The van der Waals surface area contributed by atoms with E-state index in [1.807, 2.05) is 12.1 Å². The van der Waals surface area contributed by atoms with Gasteiger partial charge in [-0.1, -0.05) is 17.8 Å². The second-order valence-corrected chi connectivity index (χ2v) is 10.3. The molecule has 3 N–H and O–H groups in total. The van der Waals surface area contributed by atoms with Crippen LogP contribution in [0.2, 0.25) is 0 Å². The highest BCUT2D eigenvalue weighted by Gasteiger charge is 2.27. The molecule has 0 bridgehead atoms. The molecule has 10 nitrogen and oxygen atoms in total. The highest BCUT2D eigenvalue weighted by atomic mass is 32.2. The van der Waals surface area contributed by atoms with E-state index in [0.29, 0.717) is 35.5 Å². The van der Waals surface area contributed by atoms with Gasteiger partial charge in [0.15, 0.2) is 5.82 Å². The lowest BCUT2D eigenvalue weighted by Crippen LogP contribution is -2.28. The summed E-state index contributed by atoms with van der Waals surface area (Å²) in [5, 5.41) is 11.3. The second kappa shape index (κ2) is 9.81. The molecule has 2 aromatic carbocycles. The molecule has 1 aliphatic heterocycles. The Bertz CT molecular complexity index is 1240.